The summed E-state index contributed by atoms with van der Waals surface area (Å²) >= 11 is 20.8. The highest BCUT2D eigenvalue weighted by atomic mass is 32.1. The van der Waals surface area contributed by atoms with Crippen LogP contribution in [0.25, 0.3) is 0 Å². The van der Waals surface area contributed by atoms with Crippen molar-refractivity contribution in [1.29, 1.82) is 0 Å². The molecule has 7 heterocycles. The minimum absolute atomic E-state index is 0. The number of imide groups is 2. The lowest BCUT2D eigenvalue weighted by atomic mass is 10.1. The van der Waals surface area contributed by atoms with E-state index in [2.05, 4.69) is 25.7 Å². The summed E-state index contributed by atoms with van der Waals surface area (Å²) in [4.78, 5) is 109. The molecule has 0 aliphatic carbocycles. The molecular formula is C57H94N10O11S4. The van der Waals surface area contributed by atoms with E-state index in [9.17, 15) is 38.4 Å². The van der Waals surface area contributed by atoms with Gasteiger partial charge in [-0.15, -0.1) is 0 Å². The summed E-state index contributed by atoms with van der Waals surface area (Å²) in [6.45, 7) is 42.3. The monoisotopic (exact) mass is 1220 g/mol. The van der Waals surface area contributed by atoms with Crippen LogP contribution in [0, 0.1) is 6.92 Å². The van der Waals surface area contributed by atoms with Crippen LogP contribution in [0.4, 0.5) is 14.4 Å². The number of carbonyl (C=O) groups excluding carboxylic acids is 6. The number of rotatable bonds is 11. The first-order chi connectivity index (χ1) is 37.6. The molecule has 82 heavy (non-hydrogen) atoms. The van der Waals surface area contributed by atoms with Crippen molar-refractivity contribution in [2.45, 2.75) is 181 Å². The Hall–Kier alpha value is -5.92. The van der Waals surface area contributed by atoms with E-state index in [1.54, 1.807) is 39.6 Å². The zero-order valence-corrected chi connectivity index (χ0v) is 54.6. The lowest BCUT2D eigenvalue weighted by Crippen LogP contribution is -2.37. The third kappa shape index (κ3) is 21.1. The molecule has 1 N–H and O–H groups in total. The highest BCUT2D eigenvalue weighted by Crippen LogP contribution is 2.18. The Morgan fingerprint density at radius 1 is 0.488 bits per heavy atom. The van der Waals surface area contributed by atoms with Crippen LogP contribution in [-0.2, 0) is 14.4 Å². The number of likely N-dealkylation sites (N-methyl/N-ethyl adjacent to an activating group) is 5. The fourth-order valence-electron chi connectivity index (χ4n) is 8.05. The van der Waals surface area contributed by atoms with Gasteiger partial charge in [-0.25, -0.2) is 14.4 Å². The summed E-state index contributed by atoms with van der Waals surface area (Å²) < 4.78 is 9.93. The number of hydrogen-bond donors (Lipinski definition) is 1. The standard InChI is InChI=1S/C9H12O2.C8H14N2O2.2C8H14N2OS.C8H14N2S2.C8H10O3.C7H12N2O2.CH4/c1-6(2)9-4-8(10)7(3)5-11-9;1-4-9-5-7(11)10(6(2)3)8(9)12;1-4-9-5-7(12)10(6(2)3)8(9)11;2*1-4-9-5-7(11)10(6(2)3)8(9)12;1-5(2)6-3-11-4-7(9)8(6)10;1-5(2)9-6(10)4-8(3)7(9)11;/h4-6H,1-3H3;4*6H,4-5H2,1-3H3;3-5,9H,1-2H3;5H,4H2,1-3H3;1H4. The summed E-state index contributed by atoms with van der Waals surface area (Å²) in [7, 11) is 1.63. The number of aryl methyl sites for hydroxylation is 1. The molecule has 5 saturated heterocycles. The maximum Gasteiger partial charge on any atom is 0.327 e. The first-order valence-corrected chi connectivity index (χ1v) is 29.1. The van der Waals surface area contributed by atoms with Gasteiger partial charge >= 0.3 is 18.1 Å². The molecule has 0 saturated carbocycles. The lowest BCUT2D eigenvalue weighted by molar-refractivity contribution is -0.127. The molecule has 21 nitrogen and oxygen atoms in total. The van der Waals surface area contributed by atoms with Gasteiger partial charge in [-0.3, -0.25) is 43.6 Å². The molecule has 0 atom stereocenters. The van der Waals surface area contributed by atoms with Crippen LogP contribution in [0.15, 0.2) is 43.3 Å². The molecule has 5 fully saturated rings. The highest BCUT2D eigenvalue weighted by Gasteiger charge is 2.38. The van der Waals surface area contributed by atoms with Gasteiger partial charge in [-0.05, 0) is 134 Å². The minimum Gasteiger partial charge on any atom is -0.502 e. The smallest absolute Gasteiger partial charge is 0.327 e. The van der Waals surface area contributed by atoms with Crippen molar-refractivity contribution in [3.05, 3.63) is 62.2 Å². The average molecular weight is 1220 g/mol. The van der Waals surface area contributed by atoms with Crippen LogP contribution in [0.5, 0.6) is 5.75 Å². The second-order valence-corrected chi connectivity index (χ2v) is 23.0. The Labute approximate surface area is 508 Å². The van der Waals surface area contributed by atoms with E-state index in [4.69, 9.17) is 62.8 Å². The average Bonchev–Trinajstić information content (AvgIpc) is 4.14. The van der Waals surface area contributed by atoms with Crippen LogP contribution in [-0.4, -0.2) is 206 Å². The number of amides is 9. The second kappa shape index (κ2) is 35.3. The van der Waals surface area contributed by atoms with Crippen molar-refractivity contribution in [2.24, 2.45) is 0 Å². The third-order valence-electron chi connectivity index (χ3n) is 12.7. The number of thiocarbonyl (C=S) groups is 4. The summed E-state index contributed by atoms with van der Waals surface area (Å²) in [5, 5.41) is 10.5. The van der Waals surface area contributed by atoms with Crippen molar-refractivity contribution in [2.75, 3.05) is 66.0 Å². The molecule has 0 bridgehead atoms. The summed E-state index contributed by atoms with van der Waals surface area (Å²) in [6, 6.07) is 1.96. The van der Waals surface area contributed by atoms with Crippen LogP contribution in [0.1, 0.15) is 161 Å². The van der Waals surface area contributed by atoms with Crippen molar-refractivity contribution >= 4 is 105 Å². The Morgan fingerprint density at radius 3 is 1.16 bits per heavy atom. The van der Waals surface area contributed by atoms with Gasteiger partial charge in [-0.2, -0.15) is 0 Å². The first kappa shape index (κ1) is 76.1. The normalized spacial score (nSPS) is 16.1. The van der Waals surface area contributed by atoms with Gasteiger partial charge in [0.15, 0.2) is 21.4 Å². The van der Waals surface area contributed by atoms with E-state index in [1.807, 2.05) is 114 Å². The van der Waals surface area contributed by atoms with Gasteiger partial charge < -0.3 is 43.3 Å². The second-order valence-electron chi connectivity index (χ2n) is 21.3. The Morgan fingerprint density at radius 2 is 0.866 bits per heavy atom. The molecule has 0 aromatic carbocycles. The number of hydrogen-bond acceptors (Lipinski definition) is 15. The largest absolute Gasteiger partial charge is 0.502 e. The number of carbonyl (C=O) groups is 6. The highest BCUT2D eigenvalue weighted by molar-refractivity contribution is 7.82. The molecule has 0 unspecified atom stereocenters. The van der Waals surface area contributed by atoms with Gasteiger partial charge in [0, 0.05) is 86.5 Å². The molecule has 462 valence electrons. The van der Waals surface area contributed by atoms with E-state index in [-0.39, 0.29) is 109 Å². The van der Waals surface area contributed by atoms with Gasteiger partial charge in [-0.1, -0.05) is 59.6 Å². The summed E-state index contributed by atoms with van der Waals surface area (Å²) in [5.74, 6) is 0.722. The molecule has 0 spiro atoms. The van der Waals surface area contributed by atoms with Crippen molar-refractivity contribution < 1.29 is 42.7 Å². The fraction of sp³-hybridized carbons (Fsp3) is 0.649. The van der Waals surface area contributed by atoms with Crippen molar-refractivity contribution in [3.63, 3.8) is 0 Å². The van der Waals surface area contributed by atoms with Crippen LogP contribution < -0.4 is 10.9 Å². The predicted octanol–water partition coefficient (Wildman–Crippen LogP) is 9.11. The van der Waals surface area contributed by atoms with Gasteiger partial charge in [0.05, 0.1) is 32.2 Å². The van der Waals surface area contributed by atoms with E-state index in [1.165, 1.54) is 27.2 Å². The third-order valence-corrected chi connectivity index (χ3v) is 14.2. The molecule has 2 aromatic heterocycles. The Bertz CT molecular complexity index is 2470. The molecule has 9 amide bonds. The van der Waals surface area contributed by atoms with E-state index >= 15 is 0 Å². The zero-order chi connectivity index (χ0) is 62.7. The number of aromatic hydroxyl groups is 1. The maximum atomic E-state index is 11.6. The lowest BCUT2D eigenvalue weighted by Gasteiger charge is -2.23. The number of nitrogens with zero attached hydrogens (tertiary/aromatic N) is 10. The zero-order valence-electron chi connectivity index (χ0n) is 51.3. The van der Waals surface area contributed by atoms with Gasteiger partial charge in [0.1, 0.15) is 35.1 Å². The topological polar surface area (TPSA) is 215 Å². The van der Waals surface area contributed by atoms with Crippen molar-refractivity contribution in [3.8, 4) is 5.75 Å². The quantitative estimate of drug-likeness (QED) is 0.164. The molecule has 5 aliphatic heterocycles. The van der Waals surface area contributed by atoms with Crippen LogP contribution in [0.3, 0.4) is 0 Å². The van der Waals surface area contributed by atoms with Crippen LogP contribution in [0.2, 0.25) is 0 Å². The number of urea groups is 3. The van der Waals surface area contributed by atoms with Gasteiger partial charge in [0.25, 0.3) is 11.8 Å². The van der Waals surface area contributed by atoms with Gasteiger partial charge in [0.2, 0.25) is 11.3 Å². The predicted molar refractivity (Wildman–Crippen MR) is 339 cm³/mol. The Kier molecular flexibility index (Phi) is 32.7. The minimum atomic E-state index is -0.341. The Balaban J connectivity index is 0.000000932. The van der Waals surface area contributed by atoms with Crippen molar-refractivity contribution in [1.82, 2.24) is 49.0 Å². The molecule has 2 aromatic rings. The summed E-state index contributed by atoms with van der Waals surface area (Å²) in [5.41, 5.74) is 0.880. The SMILES string of the molecule is C.CC(C)N1C(=O)CN(C)C1=O.CC(C)c1cocc(O)c1=O.CCN1CC(=O)N(C(C)C)C1=O.CCN1CC(=O)N(C(C)C)C1=S.CCN1CC(=S)N(C(C)C)C1=O.CCN1CC(=S)N(C(C)C)C1=S.Cc1coc(C(C)C)cc1=O. The molecule has 7 rings (SSSR count). The maximum absolute atomic E-state index is 11.6. The van der Waals surface area contributed by atoms with E-state index in [0.29, 0.717) is 41.9 Å². The first-order valence-electron chi connectivity index (χ1n) is 27.5. The van der Waals surface area contributed by atoms with E-state index < -0.39 is 0 Å². The molecule has 25 heteroatoms. The molecule has 0 radical (unpaired) electrons. The van der Waals surface area contributed by atoms with Crippen LogP contribution >= 0.6 is 48.9 Å². The fourth-order valence-corrected chi connectivity index (χ4v) is 10.0. The summed E-state index contributed by atoms with van der Waals surface area (Å²) in [6.07, 6.45) is 3.92. The molecular weight excluding hydrogens is 1130 g/mol. The van der Waals surface area contributed by atoms with E-state index in [0.717, 1.165) is 53.3 Å². The molecule has 5 aliphatic rings.